The van der Waals surface area contributed by atoms with Gasteiger partial charge in [-0.2, -0.15) is 0 Å². The normalized spacial score (nSPS) is 17.1. The topological polar surface area (TPSA) is 41.1 Å². The molecule has 0 radical (unpaired) electrons. The number of unbranched alkanes of at least 4 members (excludes halogenated alkanes) is 1. The van der Waals surface area contributed by atoms with Crippen LogP contribution >= 0.6 is 23.4 Å². The van der Waals surface area contributed by atoms with Crippen molar-refractivity contribution in [3.05, 3.63) is 22.7 Å². The minimum atomic E-state index is -0.267. The lowest BCUT2D eigenvalue weighted by molar-refractivity contribution is -0.117. The van der Waals surface area contributed by atoms with E-state index in [1.54, 1.807) is 11.8 Å². The Morgan fingerprint density at radius 2 is 2.15 bits per heavy atom. The summed E-state index contributed by atoms with van der Waals surface area (Å²) in [4.78, 5) is 13.0. The molecule has 0 bridgehead atoms. The number of benzene rings is 1. The molecule has 2 rings (SSSR count). The van der Waals surface area contributed by atoms with Gasteiger partial charge in [-0.05, 0) is 37.3 Å². The van der Waals surface area contributed by atoms with E-state index >= 15 is 0 Å². The molecule has 1 atom stereocenters. The molecule has 2 N–H and O–H groups in total. The molecular formula is C15H21ClN2OS. The third-order valence-electron chi connectivity index (χ3n) is 3.29. The molecule has 1 aliphatic heterocycles. The van der Waals surface area contributed by atoms with Gasteiger partial charge in [0, 0.05) is 16.1 Å². The number of hydrogen-bond acceptors (Lipinski definition) is 3. The Labute approximate surface area is 129 Å². The Morgan fingerprint density at radius 3 is 2.85 bits per heavy atom. The number of thioether (sulfide) groups is 1. The summed E-state index contributed by atoms with van der Waals surface area (Å²) in [5.74, 6) is 1.07. The summed E-state index contributed by atoms with van der Waals surface area (Å²) in [5.41, 5.74) is 1.86. The van der Waals surface area contributed by atoms with Crippen LogP contribution in [0.3, 0.4) is 0 Å². The summed E-state index contributed by atoms with van der Waals surface area (Å²) >= 11 is 8.10. The molecule has 0 spiro atoms. The van der Waals surface area contributed by atoms with Crippen LogP contribution < -0.4 is 10.6 Å². The fraction of sp³-hybridized carbons (Fsp3) is 0.533. The van der Waals surface area contributed by atoms with E-state index in [0.29, 0.717) is 0 Å². The van der Waals surface area contributed by atoms with Gasteiger partial charge in [0.05, 0.1) is 5.02 Å². The smallest absolute Gasteiger partial charge is 0.246 e. The number of carbonyl (C=O) groups excluding carboxylic acids is 1. The highest BCUT2D eigenvalue weighted by Crippen LogP contribution is 2.39. The fourth-order valence-electron chi connectivity index (χ4n) is 2.19. The third kappa shape index (κ3) is 3.48. The Bertz CT molecular complexity index is 493. The molecule has 0 aliphatic carbocycles. The lowest BCUT2D eigenvalue weighted by Gasteiger charge is -2.12. The molecule has 3 nitrogen and oxygen atoms in total. The summed E-state index contributed by atoms with van der Waals surface area (Å²) in [6, 6.07) is 3.66. The van der Waals surface area contributed by atoms with Crippen molar-refractivity contribution in [3.8, 4) is 0 Å². The first-order valence-corrected chi connectivity index (χ1v) is 8.54. The van der Waals surface area contributed by atoms with Gasteiger partial charge in [0.2, 0.25) is 5.91 Å². The summed E-state index contributed by atoms with van der Waals surface area (Å²) < 4.78 is 0. The summed E-state index contributed by atoms with van der Waals surface area (Å²) in [5, 5.41) is 6.94. The molecule has 1 amide bonds. The van der Waals surface area contributed by atoms with Crippen molar-refractivity contribution in [2.24, 2.45) is 0 Å². The Kier molecular flexibility index (Phi) is 5.75. The van der Waals surface area contributed by atoms with Crippen molar-refractivity contribution < 1.29 is 4.79 Å². The Balaban J connectivity index is 2.16. The van der Waals surface area contributed by atoms with Crippen LogP contribution in [0.2, 0.25) is 5.02 Å². The van der Waals surface area contributed by atoms with Crippen LogP contribution in [-0.4, -0.2) is 18.2 Å². The number of anilines is 1. The van der Waals surface area contributed by atoms with Gasteiger partial charge in [0.25, 0.3) is 0 Å². The quantitative estimate of drug-likeness (QED) is 0.585. The average Bonchev–Trinajstić information content (AvgIpc) is 2.72. The second-order valence-corrected chi connectivity index (χ2v) is 6.49. The van der Waals surface area contributed by atoms with E-state index in [9.17, 15) is 4.79 Å². The van der Waals surface area contributed by atoms with Crippen LogP contribution in [0.4, 0.5) is 5.69 Å². The zero-order chi connectivity index (χ0) is 14.5. The maximum atomic E-state index is 12.0. The number of amides is 1. The lowest BCUT2D eigenvalue weighted by atomic mass is 10.1. The van der Waals surface area contributed by atoms with Gasteiger partial charge in [-0.25, -0.2) is 0 Å². The van der Waals surface area contributed by atoms with E-state index in [1.807, 2.05) is 12.1 Å². The molecular weight excluding hydrogens is 292 g/mol. The molecule has 0 aromatic heterocycles. The van der Waals surface area contributed by atoms with Crippen LogP contribution in [0.1, 0.15) is 44.7 Å². The summed E-state index contributed by atoms with van der Waals surface area (Å²) in [6.07, 6.45) is 3.35. The van der Waals surface area contributed by atoms with E-state index in [2.05, 4.69) is 24.5 Å². The van der Waals surface area contributed by atoms with Crippen molar-refractivity contribution >= 4 is 35.0 Å². The summed E-state index contributed by atoms with van der Waals surface area (Å²) in [6.45, 7) is 5.08. The number of rotatable bonds is 7. The Hall–Kier alpha value is -0.710. The zero-order valence-electron chi connectivity index (χ0n) is 12.0. The Morgan fingerprint density at radius 1 is 1.35 bits per heavy atom. The highest BCUT2D eigenvalue weighted by atomic mass is 35.5. The molecule has 0 saturated heterocycles. The van der Waals surface area contributed by atoms with Crippen molar-refractivity contribution in [2.45, 2.75) is 44.0 Å². The molecule has 1 aromatic rings. The number of hydrogen-bond donors (Lipinski definition) is 2. The van der Waals surface area contributed by atoms with Gasteiger partial charge in [-0.15, -0.1) is 11.8 Å². The van der Waals surface area contributed by atoms with Crippen molar-refractivity contribution in [1.29, 1.82) is 0 Å². The first-order valence-electron chi connectivity index (χ1n) is 7.17. The van der Waals surface area contributed by atoms with Crippen molar-refractivity contribution in [1.82, 2.24) is 5.32 Å². The van der Waals surface area contributed by atoms with Gasteiger partial charge in [0.1, 0.15) is 6.04 Å². The maximum absolute atomic E-state index is 12.0. The number of nitrogens with one attached hydrogen (secondary N) is 2. The van der Waals surface area contributed by atoms with E-state index in [-0.39, 0.29) is 11.9 Å². The first kappa shape index (κ1) is 15.7. The SMILES string of the molecule is CCCCSc1cc2c(cc1Cl)C(NCCC)C(=O)N2. The monoisotopic (exact) mass is 312 g/mol. The third-order valence-corrected chi connectivity index (χ3v) is 4.86. The number of fused-ring (bicyclic) bond motifs is 1. The predicted molar refractivity (Wildman–Crippen MR) is 86.7 cm³/mol. The highest BCUT2D eigenvalue weighted by molar-refractivity contribution is 7.99. The lowest BCUT2D eigenvalue weighted by Crippen LogP contribution is -2.27. The van der Waals surface area contributed by atoms with Crippen LogP contribution in [0.15, 0.2) is 17.0 Å². The number of carbonyl (C=O) groups is 1. The first-order chi connectivity index (χ1) is 9.67. The van der Waals surface area contributed by atoms with Gasteiger partial charge >= 0.3 is 0 Å². The van der Waals surface area contributed by atoms with E-state index in [1.165, 1.54) is 12.8 Å². The molecule has 1 unspecified atom stereocenters. The molecule has 20 heavy (non-hydrogen) atoms. The fourth-order valence-corrected chi connectivity index (χ4v) is 3.58. The van der Waals surface area contributed by atoms with Gasteiger partial charge in [-0.3, -0.25) is 4.79 Å². The van der Waals surface area contributed by atoms with Crippen LogP contribution in [0.5, 0.6) is 0 Å². The van der Waals surface area contributed by atoms with Crippen molar-refractivity contribution in [2.75, 3.05) is 17.6 Å². The minimum Gasteiger partial charge on any atom is -0.324 e. The molecule has 0 fully saturated rings. The number of halogens is 1. The molecule has 1 heterocycles. The second kappa shape index (κ2) is 7.34. The van der Waals surface area contributed by atoms with E-state index in [4.69, 9.17) is 11.6 Å². The molecule has 110 valence electrons. The second-order valence-electron chi connectivity index (χ2n) is 4.95. The van der Waals surface area contributed by atoms with Crippen LogP contribution in [0, 0.1) is 0 Å². The van der Waals surface area contributed by atoms with E-state index in [0.717, 1.165) is 39.9 Å². The molecule has 0 saturated carbocycles. The average molecular weight is 313 g/mol. The predicted octanol–water partition coefficient (Wildman–Crippen LogP) is 4.23. The largest absolute Gasteiger partial charge is 0.324 e. The van der Waals surface area contributed by atoms with Gasteiger partial charge < -0.3 is 10.6 Å². The minimum absolute atomic E-state index is 0.0141. The summed E-state index contributed by atoms with van der Waals surface area (Å²) in [7, 11) is 0. The molecule has 5 heteroatoms. The van der Waals surface area contributed by atoms with Gasteiger partial charge in [-0.1, -0.05) is 31.9 Å². The standard InChI is InChI=1S/C15H21ClN2OS/c1-3-5-7-20-13-9-12-10(8-11(13)16)14(15(19)18-12)17-6-4-2/h8-9,14,17H,3-7H2,1-2H3,(H,18,19). The molecule has 1 aromatic carbocycles. The van der Waals surface area contributed by atoms with E-state index < -0.39 is 0 Å². The van der Waals surface area contributed by atoms with Crippen LogP contribution in [-0.2, 0) is 4.79 Å². The molecule has 1 aliphatic rings. The highest BCUT2D eigenvalue weighted by Gasteiger charge is 2.30. The maximum Gasteiger partial charge on any atom is 0.246 e. The van der Waals surface area contributed by atoms with Gasteiger partial charge in [0.15, 0.2) is 0 Å². The van der Waals surface area contributed by atoms with Crippen LogP contribution in [0.25, 0.3) is 0 Å². The zero-order valence-corrected chi connectivity index (χ0v) is 13.5. The van der Waals surface area contributed by atoms with Crippen molar-refractivity contribution in [3.63, 3.8) is 0 Å².